The molecule has 0 saturated carbocycles. The predicted molar refractivity (Wildman–Crippen MR) is 54.4 cm³/mol. The zero-order valence-corrected chi connectivity index (χ0v) is 9.61. The van der Waals surface area contributed by atoms with Crippen LogP contribution in [0.4, 0.5) is 13.2 Å². The number of rotatable bonds is 4. The van der Waals surface area contributed by atoms with Crippen LogP contribution in [-0.4, -0.2) is 28.1 Å². The fourth-order valence-electron chi connectivity index (χ4n) is 1.18. The number of alkyl halides is 3. The first-order chi connectivity index (χ1) is 8.08. The van der Waals surface area contributed by atoms with Gasteiger partial charge in [-0.05, 0) is 12.1 Å². The molecule has 5 nitrogen and oxygen atoms in total. The van der Waals surface area contributed by atoms with Crippen molar-refractivity contribution < 1.29 is 37.1 Å². The zero-order valence-electron chi connectivity index (χ0n) is 8.72. The predicted octanol–water partition coefficient (Wildman–Crippen LogP) is 1.95. The second-order valence-corrected chi connectivity index (χ2v) is 4.94. The van der Waals surface area contributed by atoms with Gasteiger partial charge in [-0.15, -0.1) is 13.2 Å². The molecular formula is C9H8F3O5P. The van der Waals surface area contributed by atoms with Gasteiger partial charge in [0, 0.05) is 0 Å². The number of carbonyl (C=O) groups excluding carboxylic acids is 1. The summed E-state index contributed by atoms with van der Waals surface area (Å²) in [4.78, 5) is 28.6. The van der Waals surface area contributed by atoms with Gasteiger partial charge in [0.2, 0.25) is 0 Å². The Morgan fingerprint density at radius 3 is 2.33 bits per heavy atom. The first kappa shape index (κ1) is 14.7. The minimum atomic E-state index is -4.99. The number of carbonyl (C=O) groups is 1. The third-order valence-corrected chi connectivity index (χ3v) is 2.46. The molecule has 100 valence electrons. The first-order valence-corrected chi connectivity index (χ1v) is 6.31. The van der Waals surface area contributed by atoms with E-state index in [0.29, 0.717) is 0 Å². The molecule has 0 bridgehead atoms. The molecule has 0 aliphatic carbocycles. The summed E-state index contributed by atoms with van der Waals surface area (Å²) in [5.74, 6) is -1.91. The topological polar surface area (TPSA) is 83.8 Å². The van der Waals surface area contributed by atoms with Crippen molar-refractivity contribution in [2.24, 2.45) is 0 Å². The molecule has 0 fully saturated rings. The van der Waals surface area contributed by atoms with E-state index in [1.54, 1.807) is 0 Å². The molecule has 1 aromatic rings. The van der Waals surface area contributed by atoms with Crippen molar-refractivity contribution in [3.8, 4) is 5.75 Å². The van der Waals surface area contributed by atoms with Gasteiger partial charge < -0.3 is 14.5 Å². The van der Waals surface area contributed by atoms with Crippen molar-refractivity contribution in [3.05, 3.63) is 29.8 Å². The number of hydrogen-bond donors (Lipinski definition) is 2. The molecule has 0 unspecified atom stereocenters. The third kappa shape index (κ3) is 4.87. The summed E-state index contributed by atoms with van der Waals surface area (Å²) in [5.41, 5.74) is -0.529. The van der Waals surface area contributed by atoms with E-state index in [1.807, 2.05) is 0 Å². The quantitative estimate of drug-likeness (QED) is 0.652. The minimum Gasteiger partial charge on any atom is -0.405 e. The maximum atomic E-state index is 12.0. The number of Topliss-reactive ketones (excluding diaryl/α,β-unsaturated/α-hetero) is 1. The monoisotopic (exact) mass is 284 g/mol. The van der Waals surface area contributed by atoms with Gasteiger partial charge in [0.15, 0.2) is 5.78 Å². The van der Waals surface area contributed by atoms with E-state index in [0.717, 1.165) is 12.1 Å². The second-order valence-electron chi connectivity index (χ2n) is 3.29. The van der Waals surface area contributed by atoms with E-state index in [1.165, 1.54) is 12.1 Å². The molecule has 0 spiro atoms. The van der Waals surface area contributed by atoms with Crippen LogP contribution in [0.2, 0.25) is 0 Å². The summed E-state index contributed by atoms with van der Waals surface area (Å²) in [6.45, 7) is 0. The van der Waals surface area contributed by atoms with Crippen molar-refractivity contribution in [2.45, 2.75) is 6.36 Å². The lowest BCUT2D eigenvalue weighted by atomic mass is 10.1. The molecule has 0 aliphatic rings. The Kier molecular flexibility index (Phi) is 4.16. The Morgan fingerprint density at radius 1 is 1.28 bits per heavy atom. The SMILES string of the molecule is O=C(CP(=O)(O)O)c1ccccc1OC(F)(F)F. The fourth-order valence-corrected chi connectivity index (χ4v) is 1.73. The molecule has 2 N–H and O–H groups in total. The van der Waals surface area contributed by atoms with E-state index in [2.05, 4.69) is 4.74 Å². The highest BCUT2D eigenvalue weighted by molar-refractivity contribution is 7.52. The highest BCUT2D eigenvalue weighted by atomic mass is 31.2. The molecule has 0 radical (unpaired) electrons. The summed E-state index contributed by atoms with van der Waals surface area (Å²) in [5, 5.41) is 0. The van der Waals surface area contributed by atoms with Gasteiger partial charge in [-0.2, -0.15) is 0 Å². The third-order valence-electron chi connectivity index (χ3n) is 1.76. The van der Waals surface area contributed by atoms with E-state index < -0.39 is 37.2 Å². The standard InChI is InChI=1S/C9H8F3O5P/c10-9(11,12)17-8-4-2-1-3-6(8)7(13)5-18(14,15)16/h1-4H,5H2,(H2,14,15,16). The van der Waals surface area contributed by atoms with Gasteiger partial charge in [-0.25, -0.2) is 0 Å². The van der Waals surface area contributed by atoms with E-state index >= 15 is 0 Å². The van der Waals surface area contributed by atoms with Crippen molar-refractivity contribution in [1.29, 1.82) is 0 Å². The van der Waals surface area contributed by atoms with E-state index in [-0.39, 0.29) is 0 Å². The maximum absolute atomic E-state index is 12.0. The Morgan fingerprint density at radius 2 is 1.83 bits per heavy atom. The fraction of sp³-hybridized carbons (Fsp3) is 0.222. The van der Waals surface area contributed by atoms with Gasteiger partial charge in [0.05, 0.1) is 5.56 Å². The highest BCUT2D eigenvalue weighted by Gasteiger charge is 2.33. The Bertz CT molecular complexity index is 493. The van der Waals surface area contributed by atoms with Gasteiger partial charge in [0.25, 0.3) is 0 Å². The number of hydrogen-bond acceptors (Lipinski definition) is 3. The number of halogens is 3. The van der Waals surface area contributed by atoms with Gasteiger partial charge in [-0.3, -0.25) is 9.36 Å². The summed E-state index contributed by atoms with van der Waals surface area (Å²) in [6.07, 6.45) is -6.16. The van der Waals surface area contributed by atoms with Crippen molar-refractivity contribution in [3.63, 3.8) is 0 Å². The van der Waals surface area contributed by atoms with Gasteiger partial charge in [0.1, 0.15) is 11.9 Å². The van der Waals surface area contributed by atoms with Gasteiger partial charge >= 0.3 is 14.0 Å². The largest absolute Gasteiger partial charge is 0.573 e. The van der Waals surface area contributed by atoms with Crippen LogP contribution in [-0.2, 0) is 4.57 Å². The molecule has 0 aromatic heterocycles. The minimum absolute atomic E-state index is 0.529. The Hall–Kier alpha value is -1.37. The van der Waals surface area contributed by atoms with Crippen LogP contribution in [0.25, 0.3) is 0 Å². The number of ether oxygens (including phenoxy) is 1. The molecule has 0 heterocycles. The van der Waals surface area contributed by atoms with E-state index in [9.17, 15) is 22.5 Å². The Labute approximate surface area is 99.3 Å². The average molecular weight is 284 g/mol. The van der Waals surface area contributed by atoms with Crippen molar-refractivity contribution in [1.82, 2.24) is 0 Å². The molecular weight excluding hydrogens is 276 g/mol. The van der Waals surface area contributed by atoms with Crippen LogP contribution in [0.1, 0.15) is 10.4 Å². The Balaban J connectivity index is 3.02. The van der Waals surface area contributed by atoms with Crippen molar-refractivity contribution in [2.75, 3.05) is 6.16 Å². The number of benzene rings is 1. The number of para-hydroxylation sites is 1. The lowest BCUT2D eigenvalue weighted by Gasteiger charge is -2.12. The molecule has 0 atom stereocenters. The second kappa shape index (κ2) is 5.09. The molecule has 1 rings (SSSR count). The van der Waals surface area contributed by atoms with Crippen LogP contribution in [0, 0.1) is 0 Å². The molecule has 18 heavy (non-hydrogen) atoms. The summed E-state index contributed by atoms with van der Waals surface area (Å²) >= 11 is 0. The highest BCUT2D eigenvalue weighted by Crippen LogP contribution is 2.36. The molecule has 0 amide bonds. The molecule has 0 aliphatic heterocycles. The number of ketones is 1. The summed E-state index contributed by atoms with van der Waals surface area (Å²) in [7, 11) is -4.64. The first-order valence-electron chi connectivity index (χ1n) is 4.51. The lowest BCUT2D eigenvalue weighted by Crippen LogP contribution is -2.19. The maximum Gasteiger partial charge on any atom is 0.573 e. The van der Waals surface area contributed by atoms with E-state index in [4.69, 9.17) is 9.79 Å². The van der Waals surface area contributed by atoms with Crippen molar-refractivity contribution >= 4 is 13.4 Å². The van der Waals surface area contributed by atoms with Crippen LogP contribution in [0.5, 0.6) is 5.75 Å². The summed E-state index contributed by atoms with van der Waals surface area (Å²) < 4.78 is 50.3. The summed E-state index contributed by atoms with van der Waals surface area (Å²) in [6, 6.07) is 4.35. The molecule has 9 heteroatoms. The van der Waals surface area contributed by atoms with Gasteiger partial charge in [-0.1, -0.05) is 12.1 Å². The van der Waals surface area contributed by atoms with Crippen LogP contribution >= 0.6 is 7.60 Å². The van der Waals surface area contributed by atoms with Crippen LogP contribution < -0.4 is 4.74 Å². The van der Waals surface area contributed by atoms with Crippen LogP contribution in [0.15, 0.2) is 24.3 Å². The lowest BCUT2D eigenvalue weighted by molar-refractivity contribution is -0.274. The normalized spacial score (nSPS) is 12.3. The molecule has 1 aromatic carbocycles. The molecule has 0 saturated heterocycles. The van der Waals surface area contributed by atoms with Crippen LogP contribution in [0.3, 0.4) is 0 Å². The zero-order chi connectivity index (χ0) is 14.0. The average Bonchev–Trinajstić information content (AvgIpc) is 2.12. The smallest absolute Gasteiger partial charge is 0.405 e.